The first kappa shape index (κ1) is 22.4. The van der Waals surface area contributed by atoms with Crippen LogP contribution in [0.25, 0.3) is 0 Å². The van der Waals surface area contributed by atoms with Crippen LogP contribution in [0, 0.1) is 12.3 Å². The van der Waals surface area contributed by atoms with Gasteiger partial charge in [-0.3, -0.25) is 10.1 Å². The third kappa shape index (κ3) is 5.06. The topological polar surface area (TPSA) is 90.6 Å². The molecule has 1 aliphatic rings. The van der Waals surface area contributed by atoms with Crippen molar-refractivity contribution in [1.29, 1.82) is 0 Å². The van der Waals surface area contributed by atoms with E-state index in [0.29, 0.717) is 47.4 Å². The molecule has 6 nitrogen and oxygen atoms in total. The number of nitrogens with two attached hydrogens (primary N) is 1. The van der Waals surface area contributed by atoms with Crippen molar-refractivity contribution in [3.63, 3.8) is 0 Å². The Morgan fingerprint density at radius 3 is 2.50 bits per heavy atom. The van der Waals surface area contributed by atoms with Gasteiger partial charge >= 0.3 is 6.09 Å². The summed E-state index contributed by atoms with van der Waals surface area (Å²) in [5.74, 6) is -1.23. The minimum absolute atomic E-state index is 0.000612. The van der Waals surface area contributed by atoms with Crippen molar-refractivity contribution < 1.29 is 19.1 Å². The molecule has 2 aromatic rings. The number of primary amides is 1. The summed E-state index contributed by atoms with van der Waals surface area (Å²) in [4.78, 5) is 25.0. The van der Waals surface area contributed by atoms with Gasteiger partial charge in [0, 0.05) is 34.4 Å². The lowest BCUT2D eigenvalue weighted by Crippen LogP contribution is -2.45. The van der Waals surface area contributed by atoms with Crippen LogP contribution in [-0.2, 0) is 14.3 Å². The van der Waals surface area contributed by atoms with Gasteiger partial charge in [-0.05, 0) is 49.1 Å². The van der Waals surface area contributed by atoms with Crippen LogP contribution in [0.4, 0.5) is 10.5 Å². The van der Waals surface area contributed by atoms with Gasteiger partial charge in [-0.2, -0.15) is 0 Å². The lowest BCUT2D eigenvalue weighted by molar-refractivity contribution is -0.126. The number of nitrogens with one attached hydrogen (secondary N) is 1. The molecule has 3 N–H and O–H groups in total. The standard InChI is InChI=1S/C22H24Cl2N2O4/c1-14-6-7-15(12-18(14)24)26-21(28)30-13-22(8-10-29-11-9-22)19(20(25)27)16-4-2-3-5-17(16)23/h2-7,12,19H,8-11,13H2,1H3,(H2,25,27)(H,26,28). The fourth-order valence-electron chi connectivity index (χ4n) is 3.82. The van der Waals surface area contributed by atoms with Crippen LogP contribution in [-0.4, -0.2) is 31.8 Å². The molecule has 1 heterocycles. The third-order valence-electron chi connectivity index (χ3n) is 5.51. The van der Waals surface area contributed by atoms with E-state index in [1.54, 1.807) is 42.5 Å². The highest BCUT2D eigenvalue weighted by Gasteiger charge is 2.46. The first-order valence-electron chi connectivity index (χ1n) is 9.64. The number of benzene rings is 2. The summed E-state index contributed by atoms with van der Waals surface area (Å²) in [7, 11) is 0. The second-order valence-corrected chi connectivity index (χ2v) is 8.31. The highest BCUT2D eigenvalue weighted by atomic mass is 35.5. The zero-order valence-corrected chi connectivity index (χ0v) is 18.1. The number of hydrogen-bond acceptors (Lipinski definition) is 4. The van der Waals surface area contributed by atoms with Crippen LogP contribution in [0.2, 0.25) is 10.0 Å². The SMILES string of the molecule is Cc1ccc(NC(=O)OCC2(C(C(N)=O)c3ccccc3Cl)CCOCC2)cc1Cl. The fourth-order valence-corrected chi connectivity index (χ4v) is 4.25. The van der Waals surface area contributed by atoms with E-state index >= 15 is 0 Å². The van der Waals surface area contributed by atoms with E-state index in [4.69, 9.17) is 38.4 Å². The van der Waals surface area contributed by atoms with E-state index in [9.17, 15) is 9.59 Å². The summed E-state index contributed by atoms with van der Waals surface area (Å²) < 4.78 is 11.0. The molecule has 3 rings (SSSR count). The molecule has 0 radical (unpaired) electrons. The van der Waals surface area contributed by atoms with Crippen LogP contribution in [0.5, 0.6) is 0 Å². The van der Waals surface area contributed by atoms with Crippen molar-refractivity contribution >= 4 is 40.9 Å². The van der Waals surface area contributed by atoms with Crippen molar-refractivity contribution in [2.75, 3.05) is 25.1 Å². The van der Waals surface area contributed by atoms with Gasteiger partial charge in [-0.25, -0.2) is 4.79 Å². The summed E-state index contributed by atoms with van der Waals surface area (Å²) in [5, 5.41) is 3.66. The Hall–Kier alpha value is -2.28. The van der Waals surface area contributed by atoms with Crippen molar-refractivity contribution in [2.24, 2.45) is 11.1 Å². The van der Waals surface area contributed by atoms with Crippen LogP contribution >= 0.6 is 23.2 Å². The molecule has 30 heavy (non-hydrogen) atoms. The number of anilines is 1. The van der Waals surface area contributed by atoms with Crippen molar-refractivity contribution in [2.45, 2.75) is 25.7 Å². The number of ether oxygens (including phenoxy) is 2. The fraction of sp³-hybridized carbons (Fsp3) is 0.364. The summed E-state index contributed by atoms with van der Waals surface area (Å²) in [6, 6.07) is 12.3. The Bertz CT molecular complexity index is 929. The van der Waals surface area contributed by atoms with Gasteiger partial charge in [0.15, 0.2) is 0 Å². The van der Waals surface area contributed by atoms with Crippen LogP contribution in [0.1, 0.15) is 29.9 Å². The second kappa shape index (κ2) is 9.69. The maximum Gasteiger partial charge on any atom is 0.411 e. The Balaban J connectivity index is 1.80. The number of carbonyl (C=O) groups excluding carboxylic acids is 2. The molecule has 1 atom stereocenters. The predicted octanol–water partition coefficient (Wildman–Crippen LogP) is 4.92. The molecule has 0 aromatic heterocycles. The van der Waals surface area contributed by atoms with E-state index in [1.807, 2.05) is 6.92 Å². The van der Waals surface area contributed by atoms with E-state index in [1.165, 1.54) is 0 Å². The number of hydrogen-bond donors (Lipinski definition) is 2. The normalized spacial score (nSPS) is 16.5. The monoisotopic (exact) mass is 450 g/mol. The summed E-state index contributed by atoms with van der Waals surface area (Å²) in [6.45, 7) is 2.75. The molecule has 0 saturated carbocycles. The Morgan fingerprint density at radius 2 is 1.87 bits per heavy atom. The van der Waals surface area contributed by atoms with E-state index in [0.717, 1.165) is 5.56 Å². The van der Waals surface area contributed by atoms with Gasteiger partial charge in [0.05, 0.1) is 5.92 Å². The molecule has 0 aliphatic carbocycles. The Morgan fingerprint density at radius 1 is 1.17 bits per heavy atom. The smallest absolute Gasteiger partial charge is 0.411 e. The molecule has 1 unspecified atom stereocenters. The number of halogens is 2. The van der Waals surface area contributed by atoms with E-state index in [-0.39, 0.29) is 6.61 Å². The molecule has 1 fully saturated rings. The van der Waals surface area contributed by atoms with Crippen molar-refractivity contribution in [1.82, 2.24) is 0 Å². The minimum Gasteiger partial charge on any atom is -0.449 e. The molecule has 2 aromatic carbocycles. The first-order valence-corrected chi connectivity index (χ1v) is 10.4. The molecule has 1 saturated heterocycles. The summed E-state index contributed by atoms with van der Waals surface area (Å²) >= 11 is 12.5. The molecule has 0 spiro atoms. The van der Waals surface area contributed by atoms with Crippen molar-refractivity contribution in [3.05, 3.63) is 63.6 Å². The zero-order valence-electron chi connectivity index (χ0n) is 16.6. The second-order valence-electron chi connectivity index (χ2n) is 7.50. The van der Waals surface area contributed by atoms with Crippen molar-refractivity contribution in [3.8, 4) is 0 Å². The molecular formula is C22H24Cl2N2O4. The van der Waals surface area contributed by atoms with Gasteiger partial charge < -0.3 is 15.2 Å². The number of aryl methyl sites for hydroxylation is 1. The third-order valence-corrected chi connectivity index (χ3v) is 6.26. The molecule has 160 valence electrons. The largest absolute Gasteiger partial charge is 0.449 e. The van der Waals surface area contributed by atoms with Crippen LogP contribution in [0.3, 0.4) is 0 Å². The van der Waals surface area contributed by atoms with Gasteiger partial charge in [0.2, 0.25) is 5.91 Å². The Kier molecular flexibility index (Phi) is 7.23. The minimum atomic E-state index is -0.711. The quantitative estimate of drug-likeness (QED) is 0.653. The first-order chi connectivity index (χ1) is 14.3. The average molecular weight is 451 g/mol. The average Bonchev–Trinajstić information content (AvgIpc) is 2.71. The zero-order chi connectivity index (χ0) is 21.7. The summed E-state index contributed by atoms with van der Waals surface area (Å²) in [5.41, 5.74) is 7.15. The molecular weight excluding hydrogens is 427 g/mol. The van der Waals surface area contributed by atoms with Gasteiger partial charge in [-0.15, -0.1) is 0 Å². The highest BCUT2D eigenvalue weighted by Crippen LogP contribution is 2.46. The number of amides is 2. The molecule has 0 bridgehead atoms. The van der Waals surface area contributed by atoms with E-state index < -0.39 is 23.3 Å². The molecule has 2 amide bonds. The molecule has 8 heteroatoms. The van der Waals surface area contributed by atoms with Crippen LogP contribution < -0.4 is 11.1 Å². The lowest BCUT2D eigenvalue weighted by atomic mass is 9.67. The number of carbonyl (C=O) groups is 2. The van der Waals surface area contributed by atoms with Crippen LogP contribution in [0.15, 0.2) is 42.5 Å². The Labute approximate surface area is 185 Å². The van der Waals surface area contributed by atoms with Gasteiger partial charge in [0.1, 0.15) is 6.61 Å². The predicted molar refractivity (Wildman–Crippen MR) is 117 cm³/mol. The maximum atomic E-state index is 12.5. The maximum absolute atomic E-state index is 12.5. The number of rotatable bonds is 6. The van der Waals surface area contributed by atoms with Gasteiger partial charge in [0.25, 0.3) is 0 Å². The lowest BCUT2D eigenvalue weighted by Gasteiger charge is -2.41. The van der Waals surface area contributed by atoms with Gasteiger partial charge in [-0.1, -0.05) is 47.5 Å². The highest BCUT2D eigenvalue weighted by molar-refractivity contribution is 6.32. The summed E-state index contributed by atoms with van der Waals surface area (Å²) in [6.07, 6.45) is 0.383. The van der Waals surface area contributed by atoms with E-state index in [2.05, 4.69) is 5.32 Å². The molecule has 1 aliphatic heterocycles.